The Morgan fingerprint density at radius 3 is 2.82 bits per heavy atom. The molecule has 0 saturated carbocycles. The van der Waals surface area contributed by atoms with Gasteiger partial charge in [-0.05, 0) is 49.4 Å². The van der Waals surface area contributed by atoms with E-state index in [-0.39, 0.29) is 18.0 Å². The highest BCUT2D eigenvalue weighted by molar-refractivity contribution is 5.76. The van der Waals surface area contributed by atoms with Gasteiger partial charge in [0.25, 0.3) is 0 Å². The molecule has 120 valence electrons. The third-order valence-corrected chi connectivity index (χ3v) is 5.13. The van der Waals surface area contributed by atoms with Crippen LogP contribution >= 0.6 is 0 Å². The number of aryl methyl sites for hydroxylation is 1. The highest BCUT2D eigenvalue weighted by Crippen LogP contribution is 2.49. The van der Waals surface area contributed by atoms with Gasteiger partial charge in [0.2, 0.25) is 0 Å². The third kappa shape index (κ3) is 2.39. The molecule has 1 heterocycles. The van der Waals surface area contributed by atoms with E-state index in [1.807, 2.05) is 6.92 Å². The first-order valence-corrected chi connectivity index (χ1v) is 7.99. The van der Waals surface area contributed by atoms with Gasteiger partial charge in [0, 0.05) is 18.6 Å². The summed E-state index contributed by atoms with van der Waals surface area (Å²) in [6, 6.07) is 2.10. The average Bonchev–Trinajstić information content (AvgIpc) is 2.79. The number of hydrogen-bond donors (Lipinski definition) is 0. The topological polar surface area (TPSA) is 44.8 Å². The molecule has 0 radical (unpaired) electrons. The third-order valence-electron chi connectivity index (χ3n) is 5.13. The van der Waals surface area contributed by atoms with E-state index >= 15 is 0 Å². The normalized spacial score (nSPS) is 26.4. The van der Waals surface area contributed by atoms with Crippen molar-refractivity contribution in [1.29, 1.82) is 0 Å². The Bertz CT molecular complexity index is 593. The number of benzene rings is 1. The Morgan fingerprint density at radius 2 is 2.09 bits per heavy atom. The van der Waals surface area contributed by atoms with Crippen LogP contribution in [-0.2, 0) is 20.7 Å². The van der Waals surface area contributed by atoms with Crippen LogP contribution in [0, 0.1) is 25.7 Å². The molecule has 1 fully saturated rings. The first-order chi connectivity index (χ1) is 10.5. The molecule has 0 amide bonds. The molecular weight excluding hydrogens is 280 g/mol. The average molecular weight is 304 g/mol. The molecule has 0 spiro atoms. The highest BCUT2D eigenvalue weighted by atomic mass is 16.6. The lowest BCUT2D eigenvalue weighted by Gasteiger charge is -2.31. The fourth-order valence-corrected chi connectivity index (χ4v) is 3.81. The molecule has 0 aromatic heterocycles. The SMILES string of the molecule is COCCOc1cc(C)c2c(c1C)C1OC(=O)C(C)C1CC2. The number of ether oxygens (including phenoxy) is 3. The van der Waals surface area contributed by atoms with Crippen LogP contribution in [0.25, 0.3) is 0 Å². The maximum absolute atomic E-state index is 12.0. The van der Waals surface area contributed by atoms with Gasteiger partial charge in [-0.1, -0.05) is 6.92 Å². The molecule has 1 aromatic rings. The number of carbonyl (C=O) groups is 1. The van der Waals surface area contributed by atoms with Crippen molar-refractivity contribution in [2.45, 2.75) is 39.7 Å². The van der Waals surface area contributed by atoms with Crippen LogP contribution in [0.3, 0.4) is 0 Å². The van der Waals surface area contributed by atoms with Crippen molar-refractivity contribution >= 4 is 5.97 Å². The fraction of sp³-hybridized carbons (Fsp3) is 0.611. The van der Waals surface area contributed by atoms with E-state index in [2.05, 4.69) is 19.9 Å². The second-order valence-corrected chi connectivity index (χ2v) is 6.40. The van der Waals surface area contributed by atoms with Gasteiger partial charge in [-0.3, -0.25) is 4.79 Å². The van der Waals surface area contributed by atoms with Crippen molar-refractivity contribution in [3.8, 4) is 5.75 Å². The summed E-state index contributed by atoms with van der Waals surface area (Å²) in [5.74, 6) is 1.11. The summed E-state index contributed by atoms with van der Waals surface area (Å²) in [6.07, 6.45) is 1.94. The summed E-state index contributed by atoms with van der Waals surface area (Å²) < 4.78 is 16.6. The zero-order valence-corrected chi connectivity index (χ0v) is 13.8. The zero-order valence-electron chi connectivity index (χ0n) is 13.8. The standard InChI is InChI=1S/C18H24O4/c1-10-9-15(21-8-7-20-4)12(3)16-13(10)5-6-14-11(2)18(19)22-17(14)16/h9,11,14,17H,5-8H2,1-4H3. The Labute approximate surface area is 131 Å². The second-order valence-electron chi connectivity index (χ2n) is 6.40. The molecular formula is C18H24O4. The van der Waals surface area contributed by atoms with Gasteiger partial charge in [0.1, 0.15) is 18.5 Å². The van der Waals surface area contributed by atoms with Gasteiger partial charge in [-0.15, -0.1) is 0 Å². The van der Waals surface area contributed by atoms with Crippen LogP contribution in [0.2, 0.25) is 0 Å². The first-order valence-electron chi connectivity index (χ1n) is 7.99. The first kappa shape index (κ1) is 15.3. The Kier molecular flexibility index (Phi) is 4.13. The molecule has 4 nitrogen and oxygen atoms in total. The van der Waals surface area contributed by atoms with Gasteiger partial charge >= 0.3 is 5.97 Å². The Balaban J connectivity index is 1.99. The summed E-state index contributed by atoms with van der Waals surface area (Å²) >= 11 is 0. The van der Waals surface area contributed by atoms with Gasteiger partial charge in [0.15, 0.2) is 0 Å². The molecule has 1 aliphatic carbocycles. The molecule has 1 saturated heterocycles. The number of carbonyl (C=O) groups excluding carboxylic acids is 1. The van der Waals surface area contributed by atoms with Crippen molar-refractivity contribution < 1.29 is 19.0 Å². The summed E-state index contributed by atoms with van der Waals surface area (Å²) in [7, 11) is 1.66. The van der Waals surface area contributed by atoms with Crippen molar-refractivity contribution in [2.75, 3.05) is 20.3 Å². The highest BCUT2D eigenvalue weighted by Gasteiger charge is 2.46. The minimum absolute atomic E-state index is 0.00378. The number of methoxy groups -OCH3 is 1. The van der Waals surface area contributed by atoms with Crippen LogP contribution in [-0.4, -0.2) is 26.3 Å². The molecule has 0 N–H and O–H groups in total. The summed E-state index contributed by atoms with van der Waals surface area (Å²) in [4.78, 5) is 12.0. The molecule has 22 heavy (non-hydrogen) atoms. The van der Waals surface area contributed by atoms with Crippen molar-refractivity contribution in [1.82, 2.24) is 0 Å². The molecule has 3 atom stereocenters. The summed E-state index contributed by atoms with van der Waals surface area (Å²) in [6.45, 7) is 7.26. The predicted molar refractivity (Wildman–Crippen MR) is 83.1 cm³/mol. The van der Waals surface area contributed by atoms with Crippen molar-refractivity contribution in [3.63, 3.8) is 0 Å². The van der Waals surface area contributed by atoms with Gasteiger partial charge in [0.05, 0.1) is 12.5 Å². The molecule has 3 rings (SSSR count). The largest absolute Gasteiger partial charge is 0.491 e. The predicted octanol–water partition coefficient (Wildman–Crippen LogP) is 3.13. The van der Waals surface area contributed by atoms with E-state index in [4.69, 9.17) is 14.2 Å². The van der Waals surface area contributed by atoms with Crippen molar-refractivity contribution in [2.24, 2.45) is 11.8 Å². The molecule has 0 bridgehead atoms. The minimum Gasteiger partial charge on any atom is -0.491 e. The summed E-state index contributed by atoms with van der Waals surface area (Å²) in [5, 5.41) is 0. The zero-order chi connectivity index (χ0) is 15.9. The monoisotopic (exact) mass is 304 g/mol. The van der Waals surface area contributed by atoms with Crippen LogP contribution in [0.4, 0.5) is 0 Å². The van der Waals surface area contributed by atoms with Gasteiger partial charge in [-0.2, -0.15) is 0 Å². The Hall–Kier alpha value is -1.55. The van der Waals surface area contributed by atoms with E-state index in [0.717, 1.165) is 24.2 Å². The van der Waals surface area contributed by atoms with Crippen molar-refractivity contribution in [3.05, 3.63) is 28.3 Å². The lowest BCUT2D eigenvalue weighted by atomic mass is 9.74. The number of rotatable bonds is 4. The smallest absolute Gasteiger partial charge is 0.309 e. The van der Waals surface area contributed by atoms with E-state index in [0.29, 0.717) is 19.1 Å². The minimum atomic E-state index is -0.101. The molecule has 1 aliphatic heterocycles. The van der Waals surface area contributed by atoms with Crippen LogP contribution in [0.5, 0.6) is 5.75 Å². The van der Waals surface area contributed by atoms with Gasteiger partial charge < -0.3 is 14.2 Å². The summed E-state index contributed by atoms with van der Waals surface area (Å²) in [5.41, 5.74) is 4.84. The second kappa shape index (κ2) is 5.92. The lowest BCUT2D eigenvalue weighted by molar-refractivity contribution is -0.144. The van der Waals surface area contributed by atoms with E-state index < -0.39 is 0 Å². The van der Waals surface area contributed by atoms with Gasteiger partial charge in [-0.25, -0.2) is 0 Å². The van der Waals surface area contributed by atoms with Crippen LogP contribution < -0.4 is 4.74 Å². The fourth-order valence-electron chi connectivity index (χ4n) is 3.81. The Morgan fingerprint density at radius 1 is 1.32 bits per heavy atom. The quantitative estimate of drug-likeness (QED) is 0.633. The number of hydrogen-bond acceptors (Lipinski definition) is 4. The van der Waals surface area contributed by atoms with E-state index in [9.17, 15) is 4.79 Å². The molecule has 4 heteroatoms. The van der Waals surface area contributed by atoms with E-state index in [1.165, 1.54) is 16.7 Å². The maximum atomic E-state index is 12.0. The van der Waals surface area contributed by atoms with Crippen LogP contribution in [0.15, 0.2) is 6.07 Å². The molecule has 2 aliphatic rings. The van der Waals surface area contributed by atoms with Crippen LogP contribution in [0.1, 0.15) is 41.7 Å². The number of esters is 1. The maximum Gasteiger partial charge on any atom is 0.309 e. The molecule has 1 aromatic carbocycles. The number of fused-ring (bicyclic) bond motifs is 3. The molecule has 3 unspecified atom stereocenters. The van der Waals surface area contributed by atoms with E-state index in [1.54, 1.807) is 7.11 Å². The lowest BCUT2D eigenvalue weighted by Crippen LogP contribution is -2.22.